The summed E-state index contributed by atoms with van der Waals surface area (Å²) in [4.78, 5) is 11.4. The fourth-order valence-corrected chi connectivity index (χ4v) is 1.88. The fourth-order valence-electron chi connectivity index (χ4n) is 1.24. The number of hydrogen-bond donors (Lipinski definition) is 0. The third kappa shape index (κ3) is 1.68. The predicted octanol–water partition coefficient (Wildman–Crippen LogP) is 0.768. The molecule has 1 heterocycles. The van der Waals surface area contributed by atoms with Gasteiger partial charge in [0.2, 0.25) is 0 Å². The number of hydrogen-bond acceptors (Lipinski definition) is 2. The molecule has 0 radical (unpaired) electrons. The van der Waals surface area contributed by atoms with E-state index in [1.165, 1.54) is 0 Å². The minimum atomic E-state index is -0.454. The van der Waals surface area contributed by atoms with Crippen molar-refractivity contribution >= 4 is 29.1 Å². The Morgan fingerprint density at radius 2 is 2.25 bits per heavy atom. The molecule has 12 heavy (non-hydrogen) atoms. The zero-order chi connectivity index (χ0) is 9.30. The third-order valence-electron chi connectivity index (χ3n) is 1.99. The van der Waals surface area contributed by atoms with Crippen molar-refractivity contribution in [2.75, 3.05) is 26.5 Å². The van der Waals surface area contributed by atoms with E-state index in [4.69, 9.17) is 23.2 Å². The highest BCUT2D eigenvalue weighted by Crippen LogP contribution is 2.24. The van der Waals surface area contributed by atoms with Gasteiger partial charge in [0.1, 0.15) is 5.38 Å². The Morgan fingerprint density at radius 3 is 2.50 bits per heavy atom. The molecule has 0 saturated carbocycles. The quantitative estimate of drug-likeness (QED) is 0.630. The number of carbonyl (C=O) groups is 1. The fraction of sp³-hybridized carbons (Fsp3) is 0.857. The first-order chi connectivity index (χ1) is 5.57. The minimum absolute atomic E-state index is 0.0488. The summed E-state index contributed by atoms with van der Waals surface area (Å²) in [5, 5.41) is 2.90. The van der Waals surface area contributed by atoms with Crippen LogP contribution in [-0.4, -0.2) is 47.8 Å². The Balaban J connectivity index is 2.67. The van der Waals surface area contributed by atoms with Crippen molar-refractivity contribution in [1.29, 1.82) is 0 Å². The molecule has 0 N–H and O–H groups in total. The molecule has 0 spiro atoms. The average molecular weight is 211 g/mol. The predicted molar refractivity (Wildman–Crippen MR) is 49.3 cm³/mol. The van der Waals surface area contributed by atoms with Gasteiger partial charge in [0.15, 0.2) is 0 Å². The van der Waals surface area contributed by atoms with E-state index in [2.05, 4.69) is 0 Å². The Hall–Kier alpha value is 0.01000. The summed E-state index contributed by atoms with van der Waals surface area (Å²) in [6.45, 7) is 0.628. The second kappa shape index (κ2) is 3.81. The van der Waals surface area contributed by atoms with E-state index in [-0.39, 0.29) is 11.8 Å². The molecule has 3 nitrogen and oxygen atoms in total. The van der Waals surface area contributed by atoms with Crippen LogP contribution in [0.3, 0.4) is 0 Å². The van der Waals surface area contributed by atoms with Crippen molar-refractivity contribution in [2.24, 2.45) is 5.92 Å². The Morgan fingerprint density at radius 1 is 1.67 bits per heavy atom. The van der Waals surface area contributed by atoms with Gasteiger partial charge in [0, 0.05) is 32.4 Å². The Kier molecular flexibility index (Phi) is 3.21. The molecule has 1 aliphatic rings. The topological polar surface area (TPSA) is 23.6 Å². The number of amides is 1. The first-order valence-electron chi connectivity index (χ1n) is 3.76. The maximum atomic E-state index is 11.4. The van der Waals surface area contributed by atoms with E-state index >= 15 is 0 Å². The number of nitrogens with zero attached hydrogens (tertiary/aromatic N) is 2. The monoisotopic (exact) mass is 210 g/mol. The molecule has 2 atom stereocenters. The van der Waals surface area contributed by atoms with Gasteiger partial charge in [0.05, 0.1) is 0 Å². The lowest BCUT2D eigenvalue weighted by Gasteiger charge is -2.23. The van der Waals surface area contributed by atoms with E-state index in [1.54, 1.807) is 10.0 Å². The molecule has 0 aromatic carbocycles. The van der Waals surface area contributed by atoms with Gasteiger partial charge >= 0.3 is 0 Å². The number of hydrazine groups is 1. The lowest BCUT2D eigenvalue weighted by molar-refractivity contribution is -0.138. The van der Waals surface area contributed by atoms with Crippen molar-refractivity contribution in [3.8, 4) is 0 Å². The standard InChI is InChI=1S/C7H12Cl2N2O/c1-10(2)11-4-5(3-8)6(9)7(11)12/h5-6H,3-4H2,1-2H3/t5-,6+/m1/s1. The van der Waals surface area contributed by atoms with Crippen LogP contribution >= 0.6 is 23.2 Å². The number of alkyl halides is 2. The summed E-state index contributed by atoms with van der Waals surface area (Å²) >= 11 is 11.5. The van der Waals surface area contributed by atoms with Crippen molar-refractivity contribution in [3.05, 3.63) is 0 Å². The molecule has 1 rings (SSSR count). The van der Waals surface area contributed by atoms with Crippen LogP contribution in [0, 0.1) is 5.92 Å². The largest absolute Gasteiger partial charge is 0.274 e. The summed E-state index contributed by atoms with van der Waals surface area (Å²) < 4.78 is 0. The lowest BCUT2D eigenvalue weighted by atomic mass is 10.1. The van der Waals surface area contributed by atoms with Gasteiger partial charge in [-0.2, -0.15) is 0 Å². The number of halogens is 2. The highest BCUT2D eigenvalue weighted by atomic mass is 35.5. The van der Waals surface area contributed by atoms with Gasteiger partial charge in [-0.15, -0.1) is 23.2 Å². The lowest BCUT2D eigenvalue weighted by Crippen LogP contribution is -2.39. The van der Waals surface area contributed by atoms with Gasteiger partial charge in [-0.3, -0.25) is 9.80 Å². The highest BCUT2D eigenvalue weighted by Gasteiger charge is 2.39. The van der Waals surface area contributed by atoms with E-state index in [0.717, 1.165) is 0 Å². The first kappa shape index (κ1) is 10.1. The normalized spacial score (nSPS) is 30.4. The zero-order valence-electron chi connectivity index (χ0n) is 7.13. The highest BCUT2D eigenvalue weighted by molar-refractivity contribution is 6.32. The molecule has 70 valence electrons. The third-order valence-corrected chi connectivity index (χ3v) is 2.93. The van der Waals surface area contributed by atoms with Gasteiger partial charge in [0.25, 0.3) is 5.91 Å². The summed E-state index contributed by atoms with van der Waals surface area (Å²) in [7, 11) is 3.64. The maximum absolute atomic E-state index is 11.4. The van der Waals surface area contributed by atoms with Crippen molar-refractivity contribution in [2.45, 2.75) is 5.38 Å². The molecule has 0 aliphatic carbocycles. The summed E-state index contributed by atoms with van der Waals surface area (Å²) in [5.41, 5.74) is 0. The van der Waals surface area contributed by atoms with E-state index in [1.807, 2.05) is 14.1 Å². The van der Waals surface area contributed by atoms with Crippen molar-refractivity contribution in [1.82, 2.24) is 10.0 Å². The van der Waals surface area contributed by atoms with Crippen LogP contribution in [0.5, 0.6) is 0 Å². The van der Waals surface area contributed by atoms with E-state index in [0.29, 0.717) is 12.4 Å². The molecular weight excluding hydrogens is 199 g/mol. The molecule has 1 aliphatic heterocycles. The minimum Gasteiger partial charge on any atom is -0.274 e. The molecule has 1 fully saturated rings. The average Bonchev–Trinajstić information content (AvgIpc) is 2.30. The van der Waals surface area contributed by atoms with E-state index in [9.17, 15) is 4.79 Å². The van der Waals surface area contributed by atoms with Crippen LogP contribution in [0.1, 0.15) is 0 Å². The second-order valence-electron chi connectivity index (χ2n) is 3.08. The molecule has 0 aromatic rings. The van der Waals surface area contributed by atoms with Crippen LogP contribution in [0.4, 0.5) is 0 Å². The summed E-state index contributed by atoms with van der Waals surface area (Å²) in [6.07, 6.45) is 0. The van der Waals surface area contributed by atoms with Gasteiger partial charge in [-0.1, -0.05) is 0 Å². The van der Waals surface area contributed by atoms with Crippen LogP contribution in [0.25, 0.3) is 0 Å². The van der Waals surface area contributed by atoms with Gasteiger partial charge < -0.3 is 0 Å². The Bertz CT molecular complexity index is 186. The van der Waals surface area contributed by atoms with E-state index < -0.39 is 5.38 Å². The van der Waals surface area contributed by atoms with Crippen molar-refractivity contribution < 1.29 is 4.79 Å². The molecule has 0 unspecified atom stereocenters. The van der Waals surface area contributed by atoms with Crippen LogP contribution in [-0.2, 0) is 4.79 Å². The molecule has 0 aromatic heterocycles. The SMILES string of the molecule is CN(C)N1C[C@@H](CCl)[C@H](Cl)C1=O. The first-order valence-corrected chi connectivity index (χ1v) is 4.73. The smallest absolute Gasteiger partial charge is 0.255 e. The molecule has 0 bridgehead atoms. The van der Waals surface area contributed by atoms with Crippen LogP contribution in [0.2, 0.25) is 0 Å². The second-order valence-corrected chi connectivity index (χ2v) is 3.86. The number of carbonyl (C=O) groups excluding carboxylic acids is 1. The van der Waals surface area contributed by atoms with Crippen LogP contribution in [0.15, 0.2) is 0 Å². The maximum Gasteiger partial charge on any atom is 0.255 e. The van der Waals surface area contributed by atoms with Gasteiger partial charge in [-0.05, 0) is 0 Å². The molecule has 5 heteroatoms. The molecule has 1 saturated heterocycles. The summed E-state index contributed by atoms with van der Waals surface area (Å²) in [5.74, 6) is 0.458. The molecule has 1 amide bonds. The van der Waals surface area contributed by atoms with Crippen molar-refractivity contribution in [3.63, 3.8) is 0 Å². The zero-order valence-corrected chi connectivity index (χ0v) is 8.64. The number of rotatable bonds is 2. The molecular formula is C7H12Cl2N2O. The van der Waals surface area contributed by atoms with Gasteiger partial charge in [-0.25, -0.2) is 5.01 Å². The summed E-state index contributed by atoms with van der Waals surface area (Å²) in [6, 6.07) is 0. The Labute approximate surface area is 82.2 Å². The van der Waals surface area contributed by atoms with Crippen LogP contribution < -0.4 is 0 Å².